The molecule has 2 aromatic rings. The van der Waals surface area contributed by atoms with Crippen LogP contribution >= 0.6 is 0 Å². The van der Waals surface area contributed by atoms with Crippen LogP contribution in [-0.2, 0) is 9.53 Å². The number of nitrogens with one attached hydrogen (secondary N) is 2. The Bertz CT molecular complexity index is 1070. The number of piperazine rings is 1. The Labute approximate surface area is 197 Å². The predicted octanol–water partition coefficient (Wildman–Crippen LogP) is 1.92. The Balaban J connectivity index is 1.57. The number of urea groups is 1. The lowest BCUT2D eigenvalue weighted by Crippen LogP contribution is -2.52. The van der Waals surface area contributed by atoms with E-state index in [2.05, 4.69) is 15.5 Å². The highest BCUT2D eigenvalue weighted by molar-refractivity contribution is 5.95. The smallest absolute Gasteiger partial charge is 0.338 e. The molecular weight excluding hydrogens is 440 g/mol. The van der Waals surface area contributed by atoms with E-state index < -0.39 is 18.0 Å². The molecule has 3 amide bonds. The predicted molar refractivity (Wildman–Crippen MR) is 122 cm³/mol. The highest BCUT2D eigenvalue weighted by Crippen LogP contribution is 2.33. The second kappa shape index (κ2) is 10.4. The number of esters is 1. The molecule has 10 nitrogen and oxygen atoms in total. The first-order valence-corrected chi connectivity index (χ1v) is 11.2. The van der Waals surface area contributed by atoms with Crippen LogP contribution in [0.3, 0.4) is 0 Å². The van der Waals surface area contributed by atoms with Gasteiger partial charge in [-0.2, -0.15) is 0 Å². The summed E-state index contributed by atoms with van der Waals surface area (Å²) in [4.78, 5) is 41.9. The number of rotatable bonds is 7. The zero-order valence-electron chi connectivity index (χ0n) is 19.2. The summed E-state index contributed by atoms with van der Waals surface area (Å²) in [6.45, 7) is 4.43. The highest BCUT2D eigenvalue weighted by Gasteiger charge is 2.36. The van der Waals surface area contributed by atoms with Gasteiger partial charge in [0, 0.05) is 44.0 Å². The van der Waals surface area contributed by atoms with Crippen molar-refractivity contribution in [2.24, 2.45) is 0 Å². The zero-order valence-corrected chi connectivity index (χ0v) is 19.2. The lowest BCUT2D eigenvalue weighted by atomic mass is 9.94. The fourth-order valence-electron chi connectivity index (χ4n) is 4.22. The van der Waals surface area contributed by atoms with Crippen LogP contribution in [0, 0.1) is 0 Å². The third kappa shape index (κ3) is 4.91. The van der Waals surface area contributed by atoms with Crippen molar-refractivity contribution < 1.29 is 28.3 Å². The van der Waals surface area contributed by atoms with Gasteiger partial charge in [0.05, 0.1) is 31.6 Å². The Kier molecular flexibility index (Phi) is 7.17. The summed E-state index contributed by atoms with van der Waals surface area (Å²) in [5.41, 5.74) is 1.47. The van der Waals surface area contributed by atoms with E-state index in [0.717, 1.165) is 0 Å². The summed E-state index contributed by atoms with van der Waals surface area (Å²) in [6, 6.07) is 9.43. The minimum Gasteiger partial charge on any atom is -0.496 e. The van der Waals surface area contributed by atoms with Gasteiger partial charge >= 0.3 is 12.0 Å². The molecule has 34 heavy (non-hydrogen) atoms. The van der Waals surface area contributed by atoms with Crippen molar-refractivity contribution in [2.75, 3.05) is 46.4 Å². The molecule has 1 aromatic heterocycles. The zero-order chi connectivity index (χ0) is 24.1. The Morgan fingerprint density at radius 1 is 1.12 bits per heavy atom. The normalized spacial score (nSPS) is 18.8. The number of hydrogen-bond donors (Lipinski definition) is 2. The van der Waals surface area contributed by atoms with Crippen LogP contribution in [0.5, 0.6) is 5.75 Å². The Morgan fingerprint density at radius 2 is 1.88 bits per heavy atom. The monoisotopic (exact) mass is 468 g/mol. The number of ether oxygens (including phenoxy) is 2. The van der Waals surface area contributed by atoms with Gasteiger partial charge in [0.1, 0.15) is 5.75 Å². The highest BCUT2D eigenvalue weighted by atomic mass is 16.5. The van der Waals surface area contributed by atoms with Gasteiger partial charge < -0.3 is 29.4 Å². The number of methoxy groups -OCH3 is 1. The van der Waals surface area contributed by atoms with Crippen LogP contribution in [0.25, 0.3) is 0 Å². The number of carbonyl (C=O) groups excluding carboxylic acids is 3. The number of benzene rings is 1. The van der Waals surface area contributed by atoms with E-state index in [1.807, 2.05) is 18.2 Å². The minimum atomic E-state index is -0.722. The third-order valence-electron chi connectivity index (χ3n) is 5.87. The van der Waals surface area contributed by atoms with E-state index in [4.69, 9.17) is 13.9 Å². The Hall–Kier alpha value is -3.79. The van der Waals surface area contributed by atoms with Crippen LogP contribution in [0.15, 0.2) is 58.3 Å². The molecule has 1 saturated heterocycles. The summed E-state index contributed by atoms with van der Waals surface area (Å²) in [7, 11) is 1.54. The second-order valence-corrected chi connectivity index (χ2v) is 7.93. The molecule has 0 aliphatic carbocycles. The van der Waals surface area contributed by atoms with Gasteiger partial charge in [0.25, 0.3) is 5.91 Å². The molecule has 2 aliphatic rings. The molecule has 2 N–H and O–H groups in total. The van der Waals surface area contributed by atoms with E-state index in [1.54, 1.807) is 37.1 Å². The largest absolute Gasteiger partial charge is 0.496 e. The van der Waals surface area contributed by atoms with Crippen LogP contribution in [0.1, 0.15) is 29.1 Å². The first-order chi connectivity index (χ1) is 16.5. The molecule has 180 valence electrons. The number of carbonyl (C=O) groups is 3. The fraction of sp³-hybridized carbons (Fsp3) is 0.375. The average Bonchev–Trinajstić information content (AvgIpc) is 3.39. The van der Waals surface area contributed by atoms with Crippen molar-refractivity contribution in [3.8, 4) is 5.75 Å². The summed E-state index contributed by atoms with van der Waals surface area (Å²) in [5, 5.41) is 5.63. The van der Waals surface area contributed by atoms with Gasteiger partial charge in [0.15, 0.2) is 5.76 Å². The van der Waals surface area contributed by atoms with Crippen molar-refractivity contribution in [3.63, 3.8) is 0 Å². The van der Waals surface area contributed by atoms with Crippen LogP contribution in [-0.4, -0.2) is 74.1 Å². The van der Waals surface area contributed by atoms with Crippen molar-refractivity contribution in [3.05, 3.63) is 65.3 Å². The van der Waals surface area contributed by atoms with Crippen molar-refractivity contribution in [1.82, 2.24) is 20.4 Å². The first-order valence-electron chi connectivity index (χ1n) is 11.2. The Morgan fingerprint density at radius 3 is 2.56 bits per heavy atom. The molecule has 2 aliphatic heterocycles. The molecular formula is C24H28N4O6. The standard InChI is InChI=1S/C24H28N4O6/c1-3-33-23(30)20-17(25-24(31)26-21(20)16-7-4-5-8-18(16)32-2)15-27-10-12-28(13-11-27)22(29)19-9-6-14-34-19/h4-9,14,21H,3,10-13,15H2,1-2H3,(H2,25,26,31)/t21-/m1/s1. The van der Waals surface area contributed by atoms with Crippen molar-refractivity contribution >= 4 is 17.9 Å². The summed E-state index contributed by atoms with van der Waals surface area (Å²) < 4.78 is 16.0. The van der Waals surface area contributed by atoms with Gasteiger partial charge in [0.2, 0.25) is 0 Å². The number of hydrogen-bond acceptors (Lipinski definition) is 7. The van der Waals surface area contributed by atoms with Crippen LogP contribution in [0.2, 0.25) is 0 Å². The van der Waals surface area contributed by atoms with Gasteiger partial charge in [-0.15, -0.1) is 0 Å². The van der Waals surface area contributed by atoms with E-state index in [0.29, 0.717) is 61.1 Å². The number of nitrogens with zero attached hydrogens (tertiary/aromatic N) is 2. The molecule has 1 fully saturated rings. The lowest BCUT2D eigenvalue weighted by Gasteiger charge is -2.36. The van der Waals surface area contributed by atoms with Gasteiger partial charge in [-0.1, -0.05) is 18.2 Å². The van der Waals surface area contributed by atoms with Crippen LogP contribution in [0.4, 0.5) is 4.79 Å². The summed E-state index contributed by atoms with van der Waals surface area (Å²) in [5.74, 6) is 0.210. The maximum atomic E-state index is 13.0. The van der Waals surface area contributed by atoms with E-state index in [1.165, 1.54) is 6.26 Å². The molecule has 3 heterocycles. The van der Waals surface area contributed by atoms with Crippen molar-refractivity contribution in [1.29, 1.82) is 0 Å². The second-order valence-electron chi connectivity index (χ2n) is 7.93. The third-order valence-corrected chi connectivity index (χ3v) is 5.87. The number of para-hydroxylation sites is 1. The molecule has 0 saturated carbocycles. The topological polar surface area (TPSA) is 113 Å². The van der Waals surface area contributed by atoms with Gasteiger partial charge in [-0.05, 0) is 25.1 Å². The molecule has 0 spiro atoms. The molecule has 0 unspecified atom stereocenters. The fourth-order valence-corrected chi connectivity index (χ4v) is 4.22. The molecule has 10 heteroatoms. The maximum Gasteiger partial charge on any atom is 0.338 e. The van der Waals surface area contributed by atoms with Crippen LogP contribution < -0.4 is 15.4 Å². The molecule has 0 radical (unpaired) electrons. The first kappa shape index (κ1) is 23.4. The molecule has 0 bridgehead atoms. The number of furan rings is 1. The quantitative estimate of drug-likeness (QED) is 0.597. The van der Waals surface area contributed by atoms with E-state index >= 15 is 0 Å². The SMILES string of the molecule is CCOC(=O)C1=C(CN2CCN(C(=O)c3ccco3)CC2)NC(=O)N[C@@H]1c1ccccc1OC. The molecule has 1 aromatic carbocycles. The molecule has 4 rings (SSSR count). The minimum absolute atomic E-state index is 0.150. The van der Waals surface area contributed by atoms with Gasteiger partial charge in [-0.3, -0.25) is 9.69 Å². The van der Waals surface area contributed by atoms with Crippen molar-refractivity contribution in [2.45, 2.75) is 13.0 Å². The average molecular weight is 469 g/mol. The number of amides is 3. The van der Waals surface area contributed by atoms with Gasteiger partial charge in [-0.25, -0.2) is 9.59 Å². The molecule has 1 atom stereocenters. The van der Waals surface area contributed by atoms with E-state index in [9.17, 15) is 14.4 Å². The van der Waals surface area contributed by atoms with E-state index in [-0.39, 0.29) is 12.5 Å². The maximum absolute atomic E-state index is 13.0. The summed E-state index contributed by atoms with van der Waals surface area (Å²) >= 11 is 0. The summed E-state index contributed by atoms with van der Waals surface area (Å²) in [6.07, 6.45) is 1.48. The lowest BCUT2D eigenvalue weighted by molar-refractivity contribution is -0.139.